The molecule has 1 fully saturated rings. The van der Waals surface area contributed by atoms with Crippen molar-refractivity contribution in [3.63, 3.8) is 0 Å². The molecule has 1 aliphatic rings. The smallest absolute Gasteiger partial charge is 0.244 e. The molecular weight excluding hydrogens is 449 g/mol. The Morgan fingerprint density at radius 2 is 1.83 bits per heavy atom. The quantitative estimate of drug-likeness (QED) is 0.524. The van der Waals surface area contributed by atoms with Gasteiger partial charge in [0.15, 0.2) is 6.29 Å². The number of benzene rings is 2. The summed E-state index contributed by atoms with van der Waals surface area (Å²) in [4.78, 5) is 11.6. The fourth-order valence-corrected chi connectivity index (χ4v) is 5.68. The fourth-order valence-electron chi connectivity index (χ4n) is 3.34. The van der Waals surface area contributed by atoms with Gasteiger partial charge in [-0.3, -0.25) is 0 Å². The third-order valence-corrected chi connectivity index (χ3v) is 7.71. The average molecular weight is 472 g/mol. The predicted octanol–water partition coefficient (Wildman–Crippen LogP) is 4.63. The van der Waals surface area contributed by atoms with Crippen molar-refractivity contribution in [3.8, 4) is 5.75 Å². The summed E-state index contributed by atoms with van der Waals surface area (Å²) in [6, 6.07) is 9.81. The molecule has 1 unspecified atom stereocenters. The topological polar surface area (TPSA) is 72.9 Å². The maximum absolute atomic E-state index is 13.0. The van der Waals surface area contributed by atoms with Crippen molar-refractivity contribution in [2.45, 2.75) is 36.9 Å². The summed E-state index contributed by atoms with van der Waals surface area (Å²) < 4.78 is 38.4. The van der Waals surface area contributed by atoms with E-state index in [1.54, 1.807) is 24.3 Å². The van der Waals surface area contributed by atoms with Crippen LogP contribution in [0.3, 0.4) is 0 Å². The van der Waals surface area contributed by atoms with Crippen LogP contribution in [0.15, 0.2) is 41.3 Å². The van der Waals surface area contributed by atoms with Crippen LogP contribution < -0.4 is 4.74 Å². The first-order valence-corrected chi connectivity index (χ1v) is 11.8. The monoisotopic (exact) mass is 471 g/mol. The molecule has 0 bridgehead atoms. The van der Waals surface area contributed by atoms with E-state index in [-0.39, 0.29) is 21.5 Å². The zero-order valence-electron chi connectivity index (χ0n) is 16.5. The number of aldehydes is 1. The Labute approximate surface area is 186 Å². The molecule has 30 heavy (non-hydrogen) atoms. The standard InChI is InChI=1S/C21H23Cl2NO5S/c1-28-17-7-5-6-15(10-17)20(13-25)29-14-16-11-21(19(23)12-18(16)22)30(26,27)24-8-3-2-4-9-24/h5-7,10-13,20H,2-4,8-9,14H2,1H3. The lowest BCUT2D eigenvalue weighted by Crippen LogP contribution is -2.35. The van der Waals surface area contributed by atoms with Gasteiger partial charge < -0.3 is 14.3 Å². The van der Waals surface area contributed by atoms with E-state index in [1.165, 1.54) is 23.5 Å². The molecule has 1 saturated heterocycles. The Morgan fingerprint density at radius 1 is 1.10 bits per heavy atom. The van der Waals surface area contributed by atoms with E-state index in [9.17, 15) is 13.2 Å². The fraction of sp³-hybridized carbons (Fsp3) is 0.381. The van der Waals surface area contributed by atoms with E-state index in [1.807, 2.05) is 0 Å². The number of hydrogen-bond donors (Lipinski definition) is 0. The highest BCUT2D eigenvalue weighted by Gasteiger charge is 2.29. The van der Waals surface area contributed by atoms with E-state index in [0.29, 0.717) is 36.3 Å². The highest BCUT2D eigenvalue weighted by atomic mass is 35.5. The van der Waals surface area contributed by atoms with Crippen LogP contribution in [-0.4, -0.2) is 39.2 Å². The van der Waals surface area contributed by atoms with Gasteiger partial charge in [0.1, 0.15) is 16.7 Å². The third kappa shape index (κ3) is 5.15. The van der Waals surface area contributed by atoms with Crippen molar-refractivity contribution in [3.05, 3.63) is 57.6 Å². The summed E-state index contributed by atoms with van der Waals surface area (Å²) >= 11 is 12.5. The van der Waals surface area contributed by atoms with Gasteiger partial charge in [-0.1, -0.05) is 41.8 Å². The van der Waals surface area contributed by atoms with E-state index in [2.05, 4.69) is 0 Å². The number of carbonyl (C=O) groups excluding carboxylic acids is 1. The molecule has 6 nitrogen and oxygen atoms in total. The molecule has 0 spiro atoms. The van der Waals surface area contributed by atoms with Crippen molar-refractivity contribution in [2.24, 2.45) is 0 Å². The first-order valence-electron chi connectivity index (χ1n) is 9.55. The van der Waals surface area contributed by atoms with Crippen molar-refractivity contribution in [2.75, 3.05) is 20.2 Å². The Bertz CT molecular complexity index is 1010. The van der Waals surface area contributed by atoms with Crippen molar-refractivity contribution < 1.29 is 22.7 Å². The van der Waals surface area contributed by atoms with Crippen LogP contribution >= 0.6 is 23.2 Å². The van der Waals surface area contributed by atoms with Gasteiger partial charge in [0.2, 0.25) is 10.0 Å². The lowest BCUT2D eigenvalue weighted by atomic mass is 10.1. The average Bonchev–Trinajstić information content (AvgIpc) is 2.76. The predicted molar refractivity (Wildman–Crippen MR) is 116 cm³/mol. The van der Waals surface area contributed by atoms with Crippen molar-refractivity contribution in [1.82, 2.24) is 4.31 Å². The number of halogens is 2. The minimum atomic E-state index is -3.74. The van der Waals surface area contributed by atoms with Crippen LogP contribution in [0.25, 0.3) is 0 Å². The Balaban J connectivity index is 1.83. The number of carbonyl (C=O) groups is 1. The number of ether oxygens (including phenoxy) is 2. The number of methoxy groups -OCH3 is 1. The summed E-state index contributed by atoms with van der Waals surface area (Å²) in [6.45, 7) is 0.880. The summed E-state index contributed by atoms with van der Waals surface area (Å²) in [5.74, 6) is 0.599. The van der Waals surface area contributed by atoms with Crippen molar-refractivity contribution in [1.29, 1.82) is 0 Å². The molecule has 0 amide bonds. The molecule has 9 heteroatoms. The number of sulfonamides is 1. The minimum Gasteiger partial charge on any atom is -0.497 e. The first kappa shape index (κ1) is 23.0. The molecule has 0 radical (unpaired) electrons. The second kappa shape index (κ2) is 10.1. The number of rotatable bonds is 8. The summed E-state index contributed by atoms with van der Waals surface area (Å²) in [6.07, 6.45) is 2.47. The van der Waals surface area contributed by atoms with Gasteiger partial charge in [-0.25, -0.2) is 8.42 Å². The normalized spacial score (nSPS) is 16.2. The van der Waals surface area contributed by atoms with E-state index < -0.39 is 16.1 Å². The lowest BCUT2D eigenvalue weighted by molar-refractivity contribution is -0.119. The maximum Gasteiger partial charge on any atom is 0.244 e. The third-order valence-electron chi connectivity index (χ3n) is 5.00. The molecule has 0 saturated carbocycles. The van der Waals surface area contributed by atoms with Crippen LogP contribution in [-0.2, 0) is 26.2 Å². The van der Waals surface area contributed by atoms with Gasteiger partial charge in [0.05, 0.1) is 18.7 Å². The van der Waals surface area contributed by atoms with Crippen LogP contribution in [0.4, 0.5) is 0 Å². The number of piperidine rings is 1. The van der Waals surface area contributed by atoms with Gasteiger partial charge in [0, 0.05) is 18.1 Å². The van der Waals surface area contributed by atoms with Crippen LogP contribution in [0.1, 0.15) is 36.5 Å². The largest absolute Gasteiger partial charge is 0.497 e. The molecule has 1 atom stereocenters. The van der Waals surface area contributed by atoms with Gasteiger partial charge in [0.25, 0.3) is 0 Å². The number of hydrogen-bond acceptors (Lipinski definition) is 5. The Hall–Kier alpha value is -1.64. The van der Waals surface area contributed by atoms with Crippen molar-refractivity contribution >= 4 is 39.5 Å². The molecule has 162 valence electrons. The molecule has 1 aliphatic heterocycles. The molecule has 2 aromatic carbocycles. The summed E-state index contributed by atoms with van der Waals surface area (Å²) in [5, 5.41) is 0.335. The van der Waals surface area contributed by atoms with Crippen LogP contribution in [0.5, 0.6) is 5.75 Å². The van der Waals surface area contributed by atoms with Gasteiger partial charge in [-0.2, -0.15) is 4.31 Å². The highest BCUT2D eigenvalue weighted by molar-refractivity contribution is 7.89. The minimum absolute atomic E-state index is 0.00176. The maximum atomic E-state index is 13.0. The number of nitrogens with zero attached hydrogens (tertiary/aromatic N) is 1. The molecular formula is C21H23Cl2NO5S. The summed E-state index contributed by atoms with van der Waals surface area (Å²) in [7, 11) is -2.20. The molecule has 0 aliphatic carbocycles. The van der Waals surface area contributed by atoms with Crippen LogP contribution in [0.2, 0.25) is 10.0 Å². The van der Waals surface area contributed by atoms with Crippen LogP contribution in [0, 0.1) is 0 Å². The Morgan fingerprint density at radius 3 is 2.50 bits per heavy atom. The molecule has 0 aromatic heterocycles. The molecule has 0 N–H and O–H groups in total. The molecule has 1 heterocycles. The zero-order valence-corrected chi connectivity index (χ0v) is 18.8. The van der Waals surface area contributed by atoms with E-state index in [0.717, 1.165) is 19.3 Å². The SMILES string of the molecule is COc1cccc(C(C=O)OCc2cc(S(=O)(=O)N3CCCCC3)c(Cl)cc2Cl)c1. The second-order valence-electron chi connectivity index (χ2n) is 6.98. The first-order chi connectivity index (χ1) is 14.4. The van der Waals surface area contributed by atoms with Gasteiger partial charge in [-0.05, 0) is 48.2 Å². The zero-order chi connectivity index (χ0) is 21.7. The Kier molecular flexibility index (Phi) is 7.76. The van der Waals surface area contributed by atoms with E-state index >= 15 is 0 Å². The van der Waals surface area contributed by atoms with E-state index in [4.69, 9.17) is 32.7 Å². The highest BCUT2D eigenvalue weighted by Crippen LogP contribution is 2.33. The second-order valence-corrected chi connectivity index (χ2v) is 9.70. The van der Waals surface area contributed by atoms with Gasteiger partial charge >= 0.3 is 0 Å². The molecule has 3 rings (SSSR count). The molecule has 2 aromatic rings. The lowest BCUT2D eigenvalue weighted by Gasteiger charge is -2.26. The summed E-state index contributed by atoms with van der Waals surface area (Å²) in [5.41, 5.74) is 1.06. The van der Waals surface area contributed by atoms with Gasteiger partial charge in [-0.15, -0.1) is 0 Å².